The second-order valence-electron chi connectivity index (χ2n) is 2.56. The number of rotatable bonds is 5. The molecule has 0 heterocycles. The lowest BCUT2D eigenvalue weighted by atomic mass is 10.3. The van der Waals surface area contributed by atoms with Crippen LogP contribution in [0, 0.1) is 0 Å². The van der Waals surface area contributed by atoms with Gasteiger partial charge in [-0.05, 0) is 6.42 Å². The first-order valence-electron chi connectivity index (χ1n) is 4.11. The molecule has 0 aromatic carbocycles. The summed E-state index contributed by atoms with van der Waals surface area (Å²) in [4.78, 5) is 22.8. The molecule has 0 radical (unpaired) electrons. The van der Waals surface area contributed by atoms with Crippen LogP contribution in [-0.2, 0) is 9.59 Å². The van der Waals surface area contributed by atoms with Gasteiger partial charge in [0.1, 0.15) is 6.54 Å². The van der Waals surface area contributed by atoms with Crippen LogP contribution in [0.2, 0.25) is 0 Å². The molecule has 0 aliphatic rings. The molecule has 0 fully saturated rings. The lowest BCUT2D eigenvalue weighted by Crippen LogP contribution is -2.35. The van der Waals surface area contributed by atoms with E-state index in [1.165, 1.54) is 4.90 Å². The maximum Gasteiger partial charge on any atom is 0.323 e. The SMILES string of the molecule is CCCN(CC(=O)O)C(=O)CC. The molecule has 0 spiro atoms. The van der Waals surface area contributed by atoms with Crippen molar-refractivity contribution in [1.29, 1.82) is 0 Å². The molecule has 12 heavy (non-hydrogen) atoms. The fourth-order valence-corrected chi connectivity index (χ4v) is 0.949. The zero-order chi connectivity index (χ0) is 9.56. The van der Waals surface area contributed by atoms with Crippen molar-refractivity contribution in [2.45, 2.75) is 26.7 Å². The predicted molar refractivity (Wildman–Crippen MR) is 44.8 cm³/mol. The summed E-state index contributed by atoms with van der Waals surface area (Å²) >= 11 is 0. The summed E-state index contributed by atoms with van der Waals surface area (Å²) in [6, 6.07) is 0. The van der Waals surface area contributed by atoms with Crippen molar-refractivity contribution >= 4 is 11.9 Å². The Bertz CT molecular complexity index is 168. The number of hydrogen-bond donors (Lipinski definition) is 1. The molecule has 0 aromatic heterocycles. The topological polar surface area (TPSA) is 57.6 Å². The average Bonchev–Trinajstić information content (AvgIpc) is 2.01. The molecule has 0 aliphatic carbocycles. The minimum Gasteiger partial charge on any atom is -0.480 e. The molecule has 1 N–H and O–H groups in total. The van der Waals surface area contributed by atoms with Crippen LogP contribution in [0.3, 0.4) is 0 Å². The Hall–Kier alpha value is -1.06. The van der Waals surface area contributed by atoms with E-state index in [0.717, 1.165) is 6.42 Å². The molecule has 4 nitrogen and oxygen atoms in total. The third-order valence-corrected chi connectivity index (χ3v) is 1.47. The van der Waals surface area contributed by atoms with Gasteiger partial charge in [0.25, 0.3) is 0 Å². The Morgan fingerprint density at radius 2 is 1.92 bits per heavy atom. The fraction of sp³-hybridized carbons (Fsp3) is 0.750. The van der Waals surface area contributed by atoms with Gasteiger partial charge < -0.3 is 10.0 Å². The molecular weight excluding hydrogens is 158 g/mol. The van der Waals surface area contributed by atoms with E-state index < -0.39 is 5.97 Å². The Balaban J connectivity index is 4.02. The summed E-state index contributed by atoms with van der Waals surface area (Å²) < 4.78 is 0. The molecule has 4 heteroatoms. The van der Waals surface area contributed by atoms with Crippen molar-refractivity contribution in [3.05, 3.63) is 0 Å². The second-order valence-corrected chi connectivity index (χ2v) is 2.56. The summed E-state index contributed by atoms with van der Waals surface area (Å²) in [6.07, 6.45) is 1.16. The predicted octanol–water partition coefficient (Wildman–Crippen LogP) is 0.720. The number of carbonyl (C=O) groups excluding carboxylic acids is 1. The third kappa shape index (κ3) is 3.95. The standard InChI is InChI=1S/C8H15NO3/c1-3-5-9(6-8(11)12)7(10)4-2/h3-6H2,1-2H3,(H,11,12). The molecule has 0 rings (SSSR count). The normalized spacial score (nSPS) is 9.50. The van der Waals surface area contributed by atoms with Gasteiger partial charge in [0.05, 0.1) is 0 Å². The van der Waals surface area contributed by atoms with Crippen LogP contribution < -0.4 is 0 Å². The first kappa shape index (κ1) is 10.9. The average molecular weight is 173 g/mol. The second kappa shape index (κ2) is 5.57. The Morgan fingerprint density at radius 1 is 1.33 bits per heavy atom. The molecule has 0 atom stereocenters. The first-order chi connectivity index (χ1) is 5.61. The van der Waals surface area contributed by atoms with Crippen molar-refractivity contribution < 1.29 is 14.7 Å². The zero-order valence-corrected chi connectivity index (χ0v) is 7.54. The van der Waals surface area contributed by atoms with Crippen LogP contribution in [-0.4, -0.2) is 35.0 Å². The summed E-state index contributed by atoms with van der Waals surface area (Å²) in [5.41, 5.74) is 0. The quantitative estimate of drug-likeness (QED) is 0.666. The van der Waals surface area contributed by atoms with Crippen molar-refractivity contribution in [2.24, 2.45) is 0 Å². The number of carboxylic acid groups (broad SMARTS) is 1. The number of aliphatic carboxylic acids is 1. The number of carbonyl (C=O) groups is 2. The van der Waals surface area contributed by atoms with Gasteiger partial charge in [-0.2, -0.15) is 0 Å². The van der Waals surface area contributed by atoms with Crippen molar-refractivity contribution in [2.75, 3.05) is 13.1 Å². The summed E-state index contributed by atoms with van der Waals surface area (Å²) in [6.45, 7) is 3.99. The van der Waals surface area contributed by atoms with Gasteiger partial charge in [-0.1, -0.05) is 13.8 Å². The highest BCUT2D eigenvalue weighted by Crippen LogP contribution is 1.95. The summed E-state index contributed by atoms with van der Waals surface area (Å²) in [5, 5.41) is 8.46. The Labute approximate surface area is 72.2 Å². The number of hydrogen-bond acceptors (Lipinski definition) is 2. The maximum absolute atomic E-state index is 11.1. The van der Waals surface area contributed by atoms with Gasteiger partial charge in [0.2, 0.25) is 5.91 Å². The first-order valence-corrected chi connectivity index (χ1v) is 4.11. The molecule has 0 saturated carbocycles. The van der Waals surface area contributed by atoms with Gasteiger partial charge in [-0.15, -0.1) is 0 Å². The lowest BCUT2D eigenvalue weighted by Gasteiger charge is -2.18. The van der Waals surface area contributed by atoms with Crippen molar-refractivity contribution in [3.8, 4) is 0 Å². The van der Waals surface area contributed by atoms with E-state index in [0.29, 0.717) is 13.0 Å². The third-order valence-electron chi connectivity index (χ3n) is 1.47. The highest BCUT2D eigenvalue weighted by atomic mass is 16.4. The fourth-order valence-electron chi connectivity index (χ4n) is 0.949. The molecule has 70 valence electrons. The minimum absolute atomic E-state index is 0.0979. The van der Waals surface area contributed by atoms with E-state index in [-0.39, 0.29) is 12.5 Å². The van der Waals surface area contributed by atoms with Crippen LogP contribution >= 0.6 is 0 Å². The molecule has 1 amide bonds. The van der Waals surface area contributed by atoms with Crippen LogP contribution in [0.15, 0.2) is 0 Å². The van der Waals surface area contributed by atoms with E-state index in [4.69, 9.17) is 5.11 Å². The van der Waals surface area contributed by atoms with Crippen LogP contribution in [0.4, 0.5) is 0 Å². The lowest BCUT2D eigenvalue weighted by molar-refractivity contribution is -0.144. The van der Waals surface area contributed by atoms with Crippen molar-refractivity contribution in [1.82, 2.24) is 4.90 Å². The summed E-state index contributed by atoms with van der Waals surface area (Å²) in [5.74, 6) is -1.05. The number of carboxylic acids is 1. The van der Waals surface area contributed by atoms with Crippen LogP contribution in [0.1, 0.15) is 26.7 Å². The van der Waals surface area contributed by atoms with Gasteiger partial charge >= 0.3 is 5.97 Å². The van der Waals surface area contributed by atoms with E-state index in [1.54, 1.807) is 6.92 Å². The highest BCUT2D eigenvalue weighted by Gasteiger charge is 2.12. The van der Waals surface area contributed by atoms with Gasteiger partial charge in [-0.3, -0.25) is 9.59 Å². The Kier molecular flexibility index (Phi) is 5.08. The van der Waals surface area contributed by atoms with Crippen molar-refractivity contribution in [3.63, 3.8) is 0 Å². The van der Waals surface area contributed by atoms with Gasteiger partial charge in [0, 0.05) is 13.0 Å². The van der Waals surface area contributed by atoms with E-state index in [9.17, 15) is 9.59 Å². The molecule has 0 aliphatic heterocycles. The van der Waals surface area contributed by atoms with Gasteiger partial charge in [0.15, 0.2) is 0 Å². The highest BCUT2D eigenvalue weighted by molar-refractivity contribution is 5.81. The smallest absolute Gasteiger partial charge is 0.323 e. The van der Waals surface area contributed by atoms with Crippen LogP contribution in [0.5, 0.6) is 0 Å². The molecule has 0 unspecified atom stereocenters. The maximum atomic E-state index is 11.1. The Morgan fingerprint density at radius 3 is 2.25 bits per heavy atom. The molecular formula is C8H15NO3. The monoisotopic (exact) mass is 173 g/mol. The van der Waals surface area contributed by atoms with Crippen LogP contribution in [0.25, 0.3) is 0 Å². The van der Waals surface area contributed by atoms with Gasteiger partial charge in [-0.25, -0.2) is 0 Å². The zero-order valence-electron chi connectivity index (χ0n) is 7.54. The molecule has 0 aromatic rings. The van der Waals surface area contributed by atoms with E-state index in [1.807, 2.05) is 6.92 Å². The molecule has 0 bridgehead atoms. The molecule has 0 saturated heterocycles. The van der Waals surface area contributed by atoms with E-state index >= 15 is 0 Å². The minimum atomic E-state index is -0.953. The number of amides is 1. The summed E-state index contributed by atoms with van der Waals surface area (Å²) in [7, 11) is 0. The largest absolute Gasteiger partial charge is 0.480 e. The van der Waals surface area contributed by atoms with E-state index in [2.05, 4.69) is 0 Å². The number of nitrogens with zero attached hydrogens (tertiary/aromatic N) is 1.